The molecule has 0 saturated carbocycles. The van der Waals surface area contributed by atoms with Gasteiger partial charge in [-0.1, -0.05) is 30.7 Å². The summed E-state index contributed by atoms with van der Waals surface area (Å²) in [5.41, 5.74) is 0.833. The van der Waals surface area contributed by atoms with Gasteiger partial charge in [-0.25, -0.2) is 4.39 Å². The van der Waals surface area contributed by atoms with E-state index >= 15 is 0 Å². The molecule has 1 heterocycles. The number of nitrogens with zero attached hydrogens (tertiary/aromatic N) is 1. The van der Waals surface area contributed by atoms with Crippen molar-refractivity contribution in [3.05, 3.63) is 34.7 Å². The maximum atomic E-state index is 13.8. The van der Waals surface area contributed by atoms with Gasteiger partial charge in [0.2, 0.25) is 0 Å². The number of aryl methyl sites for hydroxylation is 1. The summed E-state index contributed by atoms with van der Waals surface area (Å²) in [6, 6.07) is 4.71. The zero-order valence-electron chi connectivity index (χ0n) is 9.76. The van der Waals surface area contributed by atoms with Gasteiger partial charge in [-0.2, -0.15) is 0 Å². The molecule has 1 aromatic heterocycles. The third kappa shape index (κ3) is 1.84. The van der Waals surface area contributed by atoms with Crippen LogP contribution in [0.25, 0.3) is 10.9 Å². The lowest BCUT2D eigenvalue weighted by Crippen LogP contribution is -1.99. The molecule has 0 amide bonds. The Morgan fingerprint density at radius 3 is 2.76 bits per heavy atom. The van der Waals surface area contributed by atoms with Gasteiger partial charge in [0.15, 0.2) is 5.78 Å². The quantitative estimate of drug-likeness (QED) is 0.757. The summed E-state index contributed by atoms with van der Waals surface area (Å²) in [7, 11) is 0. The number of aromatic nitrogens is 1. The zero-order valence-corrected chi connectivity index (χ0v) is 10.5. The monoisotopic (exact) mass is 253 g/mol. The first-order valence-electron chi connectivity index (χ1n) is 5.55. The summed E-state index contributed by atoms with van der Waals surface area (Å²) in [4.78, 5) is 11.6. The van der Waals surface area contributed by atoms with E-state index in [2.05, 4.69) is 0 Å². The summed E-state index contributed by atoms with van der Waals surface area (Å²) in [5.74, 6) is -0.481. The predicted octanol–water partition coefficient (Wildman–Crippen LogP) is 4.05. The molecule has 0 aliphatic carbocycles. The number of rotatable bonds is 3. The molecule has 17 heavy (non-hydrogen) atoms. The maximum absolute atomic E-state index is 13.8. The van der Waals surface area contributed by atoms with Gasteiger partial charge in [-0.3, -0.25) is 4.79 Å². The van der Waals surface area contributed by atoms with Crippen LogP contribution in [0.1, 0.15) is 30.6 Å². The van der Waals surface area contributed by atoms with E-state index in [0.717, 1.165) is 6.42 Å². The van der Waals surface area contributed by atoms with Crippen LogP contribution in [0.5, 0.6) is 0 Å². The van der Waals surface area contributed by atoms with Gasteiger partial charge >= 0.3 is 0 Å². The van der Waals surface area contributed by atoms with Gasteiger partial charge in [0.05, 0.1) is 11.1 Å². The third-order valence-corrected chi connectivity index (χ3v) is 3.16. The Morgan fingerprint density at radius 1 is 1.47 bits per heavy atom. The molecule has 0 aliphatic rings. The Balaban J connectivity index is 2.88. The predicted molar refractivity (Wildman–Crippen MR) is 67.2 cm³/mol. The lowest BCUT2D eigenvalue weighted by Gasteiger charge is -2.05. The first-order chi connectivity index (χ1) is 8.07. The van der Waals surface area contributed by atoms with Gasteiger partial charge in [-0.05, 0) is 19.4 Å². The number of halogens is 2. The molecule has 2 rings (SSSR count). The summed E-state index contributed by atoms with van der Waals surface area (Å²) < 4.78 is 15.5. The molecule has 0 N–H and O–H groups in total. The van der Waals surface area contributed by atoms with Gasteiger partial charge in [-0.15, -0.1) is 0 Å². The number of ketones is 1. The highest BCUT2D eigenvalue weighted by Gasteiger charge is 2.20. The van der Waals surface area contributed by atoms with Gasteiger partial charge in [0, 0.05) is 11.9 Å². The van der Waals surface area contributed by atoms with E-state index in [1.807, 2.05) is 6.92 Å². The van der Waals surface area contributed by atoms with Crippen LogP contribution in [-0.4, -0.2) is 10.4 Å². The molecule has 0 spiro atoms. The second-order valence-electron chi connectivity index (χ2n) is 4.01. The molecule has 4 heteroatoms. The van der Waals surface area contributed by atoms with Gasteiger partial charge in [0.25, 0.3) is 0 Å². The Labute approximate surface area is 104 Å². The highest BCUT2D eigenvalue weighted by molar-refractivity contribution is 6.35. The van der Waals surface area contributed by atoms with Crippen LogP contribution in [0.15, 0.2) is 18.2 Å². The van der Waals surface area contributed by atoms with Crippen LogP contribution >= 0.6 is 11.6 Å². The van der Waals surface area contributed by atoms with E-state index in [1.54, 1.807) is 16.7 Å². The van der Waals surface area contributed by atoms with Crippen LogP contribution in [0, 0.1) is 5.82 Å². The molecule has 2 nitrogen and oxygen atoms in total. The minimum atomic E-state index is -0.342. The van der Waals surface area contributed by atoms with Crippen molar-refractivity contribution < 1.29 is 9.18 Å². The molecule has 0 aliphatic heterocycles. The summed E-state index contributed by atoms with van der Waals surface area (Å²) >= 11 is 6.17. The van der Waals surface area contributed by atoms with Crippen molar-refractivity contribution in [3.63, 3.8) is 0 Å². The first-order valence-corrected chi connectivity index (χ1v) is 5.92. The molecule has 0 bridgehead atoms. The first kappa shape index (κ1) is 12.1. The highest BCUT2D eigenvalue weighted by atomic mass is 35.5. The number of Topliss-reactive ketones (excluding diaryl/α,β-unsaturated/α-hetero) is 1. The van der Waals surface area contributed by atoms with Crippen molar-refractivity contribution >= 4 is 28.3 Å². The van der Waals surface area contributed by atoms with Crippen molar-refractivity contribution in [2.45, 2.75) is 26.8 Å². The van der Waals surface area contributed by atoms with Crippen LogP contribution in [0.2, 0.25) is 5.15 Å². The Morgan fingerprint density at radius 2 is 2.18 bits per heavy atom. The summed E-state index contributed by atoms with van der Waals surface area (Å²) in [5, 5.41) is 0.926. The number of para-hydroxylation sites is 1. The smallest absolute Gasteiger partial charge is 0.163 e. The Hall–Kier alpha value is -1.35. The van der Waals surface area contributed by atoms with Crippen molar-refractivity contribution in [3.8, 4) is 0 Å². The number of carbonyl (C=O) groups excluding carboxylic acids is 1. The normalized spacial score (nSPS) is 11.1. The van der Waals surface area contributed by atoms with Crippen LogP contribution in [0.3, 0.4) is 0 Å². The van der Waals surface area contributed by atoms with Crippen LogP contribution in [0.4, 0.5) is 4.39 Å². The van der Waals surface area contributed by atoms with Crippen molar-refractivity contribution in [1.82, 2.24) is 4.57 Å². The van der Waals surface area contributed by atoms with Crippen molar-refractivity contribution in [1.29, 1.82) is 0 Å². The summed E-state index contributed by atoms with van der Waals surface area (Å²) in [6.07, 6.45) is 0.829. The molecule has 0 atom stereocenters. The zero-order chi connectivity index (χ0) is 12.6. The number of benzene rings is 1. The van der Waals surface area contributed by atoms with Crippen molar-refractivity contribution in [2.75, 3.05) is 0 Å². The SMILES string of the molecule is CCCn1c(Cl)c(C(C)=O)c2cccc(F)c21. The minimum Gasteiger partial charge on any atom is -0.329 e. The second-order valence-corrected chi connectivity index (χ2v) is 4.37. The standard InChI is InChI=1S/C13H13ClFNO/c1-3-7-16-12-9(5-4-6-10(12)15)11(8(2)17)13(16)14/h4-6H,3,7H2,1-2H3. The maximum Gasteiger partial charge on any atom is 0.163 e. The number of hydrogen-bond acceptors (Lipinski definition) is 1. The Bertz CT molecular complexity index is 589. The third-order valence-electron chi connectivity index (χ3n) is 2.77. The molecule has 0 radical (unpaired) electrons. The van der Waals surface area contributed by atoms with Gasteiger partial charge < -0.3 is 4.57 Å². The fourth-order valence-corrected chi connectivity index (χ4v) is 2.51. The summed E-state index contributed by atoms with van der Waals surface area (Å²) in [6.45, 7) is 4.03. The van der Waals surface area contributed by atoms with Gasteiger partial charge in [0.1, 0.15) is 11.0 Å². The molecule has 0 fully saturated rings. The van der Waals surface area contributed by atoms with E-state index in [0.29, 0.717) is 28.2 Å². The number of fused-ring (bicyclic) bond motifs is 1. The van der Waals surface area contributed by atoms with Crippen LogP contribution < -0.4 is 0 Å². The fraction of sp³-hybridized carbons (Fsp3) is 0.308. The minimum absolute atomic E-state index is 0.138. The molecule has 0 unspecified atom stereocenters. The lowest BCUT2D eigenvalue weighted by atomic mass is 10.1. The van der Waals surface area contributed by atoms with E-state index < -0.39 is 0 Å². The average molecular weight is 254 g/mol. The van der Waals surface area contributed by atoms with E-state index in [-0.39, 0.29) is 11.6 Å². The number of hydrogen-bond donors (Lipinski definition) is 0. The molecular weight excluding hydrogens is 241 g/mol. The highest BCUT2D eigenvalue weighted by Crippen LogP contribution is 2.32. The van der Waals surface area contributed by atoms with Crippen LogP contribution in [-0.2, 0) is 6.54 Å². The molecular formula is C13H13ClFNO. The fourth-order valence-electron chi connectivity index (χ4n) is 2.10. The number of carbonyl (C=O) groups is 1. The Kier molecular flexibility index (Phi) is 3.20. The second kappa shape index (κ2) is 4.49. The lowest BCUT2D eigenvalue weighted by molar-refractivity contribution is 0.101. The average Bonchev–Trinajstić information content (AvgIpc) is 2.54. The largest absolute Gasteiger partial charge is 0.329 e. The van der Waals surface area contributed by atoms with E-state index in [9.17, 15) is 9.18 Å². The molecule has 90 valence electrons. The van der Waals surface area contributed by atoms with E-state index in [1.165, 1.54) is 13.0 Å². The molecule has 2 aromatic rings. The molecule has 1 aromatic carbocycles. The molecule has 0 saturated heterocycles. The van der Waals surface area contributed by atoms with Crippen molar-refractivity contribution in [2.24, 2.45) is 0 Å². The van der Waals surface area contributed by atoms with E-state index in [4.69, 9.17) is 11.6 Å². The topological polar surface area (TPSA) is 22.0 Å².